The van der Waals surface area contributed by atoms with Gasteiger partial charge in [-0.15, -0.1) is 0 Å². The summed E-state index contributed by atoms with van der Waals surface area (Å²) in [5.74, 6) is -2.18. The molecule has 0 bridgehead atoms. The maximum atomic E-state index is 13.9. The second-order valence-corrected chi connectivity index (χ2v) is 5.70. The molecule has 7 heteroatoms. The van der Waals surface area contributed by atoms with Crippen molar-refractivity contribution >= 4 is 17.5 Å². The SMILES string of the molecule is O=C(c1cc(F)c(Cl)cc1F)N1CCN[C@H](c2cccnc2)C1. The molecule has 1 N–H and O–H groups in total. The van der Waals surface area contributed by atoms with E-state index in [0.717, 1.165) is 17.7 Å². The lowest BCUT2D eigenvalue weighted by molar-refractivity contribution is 0.0697. The van der Waals surface area contributed by atoms with Crippen LogP contribution in [0.5, 0.6) is 0 Å². The van der Waals surface area contributed by atoms with E-state index in [1.165, 1.54) is 4.90 Å². The highest BCUT2D eigenvalue weighted by atomic mass is 35.5. The average molecular weight is 338 g/mol. The van der Waals surface area contributed by atoms with Gasteiger partial charge in [-0.2, -0.15) is 0 Å². The van der Waals surface area contributed by atoms with Gasteiger partial charge in [-0.05, 0) is 23.8 Å². The molecular weight excluding hydrogens is 324 g/mol. The van der Waals surface area contributed by atoms with Gasteiger partial charge in [-0.25, -0.2) is 8.78 Å². The van der Waals surface area contributed by atoms with Crippen LogP contribution in [0.1, 0.15) is 22.0 Å². The number of carbonyl (C=O) groups excluding carboxylic acids is 1. The predicted molar refractivity (Wildman–Crippen MR) is 82.3 cm³/mol. The third-order valence-corrected chi connectivity index (χ3v) is 4.08. The van der Waals surface area contributed by atoms with Crippen LogP contribution >= 0.6 is 11.6 Å². The van der Waals surface area contributed by atoms with Crippen molar-refractivity contribution < 1.29 is 13.6 Å². The van der Waals surface area contributed by atoms with Crippen LogP contribution in [0.3, 0.4) is 0 Å². The van der Waals surface area contributed by atoms with E-state index in [0.29, 0.717) is 19.6 Å². The third-order valence-electron chi connectivity index (χ3n) is 3.79. The van der Waals surface area contributed by atoms with E-state index in [4.69, 9.17) is 11.6 Å². The molecule has 1 fully saturated rings. The molecule has 1 saturated heterocycles. The number of nitrogens with zero attached hydrogens (tertiary/aromatic N) is 2. The Bertz CT molecular complexity index is 727. The minimum absolute atomic E-state index is 0.0957. The van der Waals surface area contributed by atoms with Crippen LogP contribution in [-0.2, 0) is 0 Å². The first-order valence-electron chi connectivity index (χ1n) is 7.13. The molecule has 1 aliphatic rings. The van der Waals surface area contributed by atoms with Gasteiger partial charge >= 0.3 is 0 Å². The summed E-state index contributed by atoms with van der Waals surface area (Å²) in [6.45, 7) is 1.33. The summed E-state index contributed by atoms with van der Waals surface area (Å²) < 4.78 is 27.5. The van der Waals surface area contributed by atoms with E-state index in [-0.39, 0.29) is 16.6 Å². The summed E-state index contributed by atoms with van der Waals surface area (Å²) in [5.41, 5.74) is 0.631. The van der Waals surface area contributed by atoms with Crippen LogP contribution in [0, 0.1) is 11.6 Å². The number of benzene rings is 1. The van der Waals surface area contributed by atoms with Gasteiger partial charge in [-0.3, -0.25) is 9.78 Å². The number of hydrogen-bond acceptors (Lipinski definition) is 3. The minimum Gasteiger partial charge on any atom is -0.335 e. The highest BCUT2D eigenvalue weighted by Crippen LogP contribution is 2.23. The fourth-order valence-electron chi connectivity index (χ4n) is 2.60. The summed E-state index contributed by atoms with van der Waals surface area (Å²) in [7, 11) is 0. The molecule has 0 unspecified atom stereocenters. The number of nitrogens with one attached hydrogen (secondary N) is 1. The highest BCUT2D eigenvalue weighted by Gasteiger charge is 2.27. The number of hydrogen-bond donors (Lipinski definition) is 1. The predicted octanol–water partition coefficient (Wildman–Crippen LogP) is 2.80. The van der Waals surface area contributed by atoms with Crippen LogP contribution in [0.4, 0.5) is 8.78 Å². The van der Waals surface area contributed by atoms with Crippen molar-refractivity contribution in [2.24, 2.45) is 0 Å². The molecule has 1 aromatic heterocycles. The van der Waals surface area contributed by atoms with Gasteiger partial charge in [0.1, 0.15) is 11.6 Å². The summed E-state index contributed by atoms with van der Waals surface area (Å²) in [6.07, 6.45) is 3.38. The molecule has 1 atom stereocenters. The Morgan fingerprint density at radius 1 is 1.35 bits per heavy atom. The van der Waals surface area contributed by atoms with Gasteiger partial charge in [-0.1, -0.05) is 17.7 Å². The average Bonchev–Trinajstić information content (AvgIpc) is 2.58. The number of halogens is 3. The number of rotatable bonds is 2. The fraction of sp³-hybridized carbons (Fsp3) is 0.250. The lowest BCUT2D eigenvalue weighted by atomic mass is 10.1. The Labute approximate surface area is 137 Å². The van der Waals surface area contributed by atoms with E-state index >= 15 is 0 Å². The summed E-state index contributed by atoms with van der Waals surface area (Å²) in [6, 6.07) is 5.29. The molecule has 0 spiro atoms. The van der Waals surface area contributed by atoms with Crippen molar-refractivity contribution in [3.05, 3.63) is 64.4 Å². The van der Waals surface area contributed by atoms with Crippen molar-refractivity contribution in [3.63, 3.8) is 0 Å². The molecule has 2 aromatic rings. The first kappa shape index (κ1) is 15.8. The van der Waals surface area contributed by atoms with E-state index in [1.807, 2.05) is 12.1 Å². The van der Waals surface area contributed by atoms with Crippen molar-refractivity contribution in [3.8, 4) is 0 Å². The summed E-state index contributed by atoms with van der Waals surface area (Å²) in [4.78, 5) is 18.0. The Kier molecular flexibility index (Phi) is 4.54. The van der Waals surface area contributed by atoms with Gasteiger partial charge in [0, 0.05) is 32.0 Å². The van der Waals surface area contributed by atoms with Crippen LogP contribution in [0.2, 0.25) is 5.02 Å². The smallest absolute Gasteiger partial charge is 0.257 e. The van der Waals surface area contributed by atoms with Crippen molar-refractivity contribution in [1.82, 2.24) is 15.2 Å². The van der Waals surface area contributed by atoms with E-state index in [9.17, 15) is 13.6 Å². The summed E-state index contributed by atoms with van der Waals surface area (Å²) >= 11 is 5.52. The second-order valence-electron chi connectivity index (χ2n) is 5.29. The highest BCUT2D eigenvalue weighted by molar-refractivity contribution is 6.30. The van der Waals surface area contributed by atoms with Crippen LogP contribution in [0.15, 0.2) is 36.7 Å². The zero-order chi connectivity index (χ0) is 16.4. The number of carbonyl (C=O) groups is 1. The Balaban J connectivity index is 1.81. The van der Waals surface area contributed by atoms with Crippen molar-refractivity contribution in [2.45, 2.75) is 6.04 Å². The maximum absolute atomic E-state index is 13.9. The molecule has 1 amide bonds. The first-order chi connectivity index (χ1) is 11.1. The fourth-order valence-corrected chi connectivity index (χ4v) is 2.75. The summed E-state index contributed by atoms with van der Waals surface area (Å²) in [5, 5.41) is 2.94. The molecular formula is C16H14ClF2N3O. The monoisotopic (exact) mass is 337 g/mol. The minimum atomic E-state index is -0.821. The quantitative estimate of drug-likeness (QED) is 0.857. The largest absolute Gasteiger partial charge is 0.335 e. The normalized spacial score (nSPS) is 18.0. The number of piperazine rings is 1. The maximum Gasteiger partial charge on any atom is 0.257 e. The van der Waals surface area contributed by atoms with Gasteiger partial charge in [0.05, 0.1) is 16.6 Å². The number of aromatic nitrogens is 1. The molecule has 1 aliphatic heterocycles. The lowest BCUT2D eigenvalue weighted by Gasteiger charge is -2.34. The number of amides is 1. The molecule has 2 heterocycles. The van der Waals surface area contributed by atoms with Crippen LogP contribution in [-0.4, -0.2) is 35.4 Å². The standard InChI is InChI=1S/C16H14ClF2N3O/c17-12-7-13(18)11(6-14(12)19)16(23)22-5-4-21-15(9-22)10-2-1-3-20-8-10/h1-3,6-8,15,21H,4-5,9H2/t15-/m0/s1. The van der Waals surface area contributed by atoms with Gasteiger partial charge in [0.2, 0.25) is 0 Å². The lowest BCUT2D eigenvalue weighted by Crippen LogP contribution is -2.48. The molecule has 0 radical (unpaired) electrons. The number of pyridine rings is 1. The zero-order valence-electron chi connectivity index (χ0n) is 12.1. The molecule has 0 saturated carbocycles. The van der Waals surface area contributed by atoms with Gasteiger partial charge in [0.15, 0.2) is 0 Å². The van der Waals surface area contributed by atoms with Crippen LogP contribution < -0.4 is 5.32 Å². The first-order valence-corrected chi connectivity index (χ1v) is 7.51. The Hall–Kier alpha value is -2.05. The molecule has 3 rings (SSSR count). The van der Waals surface area contributed by atoms with Crippen LogP contribution in [0.25, 0.3) is 0 Å². The molecule has 120 valence electrons. The van der Waals surface area contributed by atoms with E-state index in [1.54, 1.807) is 12.4 Å². The van der Waals surface area contributed by atoms with E-state index in [2.05, 4.69) is 10.3 Å². The second kappa shape index (κ2) is 6.60. The molecule has 23 heavy (non-hydrogen) atoms. The van der Waals surface area contributed by atoms with Gasteiger partial charge in [0.25, 0.3) is 5.91 Å². The van der Waals surface area contributed by atoms with Gasteiger partial charge < -0.3 is 10.2 Å². The van der Waals surface area contributed by atoms with Crippen molar-refractivity contribution in [2.75, 3.05) is 19.6 Å². The Morgan fingerprint density at radius 2 is 2.17 bits per heavy atom. The molecule has 1 aromatic carbocycles. The zero-order valence-corrected chi connectivity index (χ0v) is 12.9. The topological polar surface area (TPSA) is 45.2 Å². The Morgan fingerprint density at radius 3 is 2.91 bits per heavy atom. The molecule has 0 aliphatic carbocycles. The third kappa shape index (κ3) is 3.33. The molecule has 4 nitrogen and oxygen atoms in total. The van der Waals surface area contributed by atoms with Crippen molar-refractivity contribution in [1.29, 1.82) is 0 Å². The van der Waals surface area contributed by atoms with E-state index < -0.39 is 17.5 Å².